The molecule has 0 fully saturated rings. The lowest BCUT2D eigenvalue weighted by Gasteiger charge is -2.26. The van der Waals surface area contributed by atoms with E-state index in [9.17, 15) is 4.79 Å². The smallest absolute Gasteiger partial charge is 0.254 e. The maximum absolute atomic E-state index is 12.2. The van der Waals surface area contributed by atoms with Crippen molar-refractivity contribution in [1.29, 1.82) is 0 Å². The molecular weight excluding hydrogens is 280 g/mol. The summed E-state index contributed by atoms with van der Waals surface area (Å²) in [5.74, 6) is 0.324. The van der Waals surface area contributed by atoms with Crippen molar-refractivity contribution in [1.82, 2.24) is 4.90 Å². The number of benzene rings is 1. The van der Waals surface area contributed by atoms with E-state index < -0.39 is 0 Å². The third kappa shape index (κ3) is 3.77. The van der Waals surface area contributed by atoms with Crippen molar-refractivity contribution in [3.05, 3.63) is 33.8 Å². The number of halogens is 3. The minimum atomic E-state index is -0.0841. The summed E-state index contributed by atoms with van der Waals surface area (Å²) in [5, 5.41) is 0.823. The van der Waals surface area contributed by atoms with E-state index in [4.69, 9.17) is 34.8 Å². The van der Waals surface area contributed by atoms with Gasteiger partial charge < -0.3 is 4.90 Å². The monoisotopic (exact) mass is 293 g/mol. The van der Waals surface area contributed by atoms with Crippen LogP contribution in [-0.2, 0) is 0 Å². The average Bonchev–Trinajstić information content (AvgIpc) is 2.28. The molecule has 0 heterocycles. The van der Waals surface area contributed by atoms with Gasteiger partial charge >= 0.3 is 0 Å². The molecule has 0 bridgehead atoms. The molecule has 1 aromatic carbocycles. The molecular formula is C12H14Cl3NO. The second-order valence-corrected chi connectivity index (χ2v) is 5.10. The number of alkyl halides is 1. The van der Waals surface area contributed by atoms with Crippen molar-refractivity contribution in [3.63, 3.8) is 0 Å². The first kappa shape index (κ1) is 14.6. The van der Waals surface area contributed by atoms with Gasteiger partial charge in [0.2, 0.25) is 0 Å². The van der Waals surface area contributed by atoms with Gasteiger partial charge in [0.1, 0.15) is 0 Å². The molecule has 0 spiro atoms. The van der Waals surface area contributed by atoms with E-state index in [2.05, 4.69) is 0 Å². The molecule has 0 aliphatic carbocycles. The molecule has 0 unspecified atom stereocenters. The fourth-order valence-electron chi connectivity index (χ4n) is 1.48. The highest BCUT2D eigenvalue weighted by Gasteiger charge is 2.18. The Balaban J connectivity index is 2.97. The standard InChI is InChI=1S/C12H14Cl3NO/c1-8(2)16(6-5-13)12(17)9-3-4-10(14)11(15)7-9/h3-4,7-8H,5-6H2,1-2H3. The van der Waals surface area contributed by atoms with Crippen molar-refractivity contribution in [2.45, 2.75) is 19.9 Å². The molecule has 0 aromatic heterocycles. The molecule has 1 rings (SSSR count). The van der Waals surface area contributed by atoms with Crippen molar-refractivity contribution in [2.75, 3.05) is 12.4 Å². The molecule has 0 N–H and O–H groups in total. The van der Waals surface area contributed by atoms with Gasteiger partial charge in [-0.05, 0) is 32.0 Å². The first-order chi connectivity index (χ1) is 7.97. The summed E-state index contributed by atoms with van der Waals surface area (Å²) in [6.45, 7) is 4.41. The van der Waals surface area contributed by atoms with Gasteiger partial charge in [-0.3, -0.25) is 4.79 Å². The minimum absolute atomic E-state index is 0.0841. The largest absolute Gasteiger partial charge is 0.335 e. The van der Waals surface area contributed by atoms with Gasteiger partial charge in [-0.25, -0.2) is 0 Å². The molecule has 0 aliphatic rings. The predicted molar refractivity (Wildman–Crippen MR) is 73.4 cm³/mol. The molecule has 94 valence electrons. The maximum atomic E-state index is 12.2. The molecule has 1 aromatic rings. The molecule has 0 aliphatic heterocycles. The van der Waals surface area contributed by atoms with Crippen LogP contribution >= 0.6 is 34.8 Å². The van der Waals surface area contributed by atoms with E-state index in [1.54, 1.807) is 23.1 Å². The SMILES string of the molecule is CC(C)N(CCCl)C(=O)c1ccc(Cl)c(Cl)c1. The van der Waals surface area contributed by atoms with E-state index >= 15 is 0 Å². The molecule has 2 nitrogen and oxygen atoms in total. The molecule has 0 saturated heterocycles. The molecule has 5 heteroatoms. The number of rotatable bonds is 4. The Bertz CT molecular complexity index is 407. The van der Waals surface area contributed by atoms with Gasteiger partial charge in [0.25, 0.3) is 5.91 Å². The summed E-state index contributed by atoms with van der Waals surface area (Å²) in [4.78, 5) is 13.9. The highest BCUT2D eigenvalue weighted by molar-refractivity contribution is 6.42. The van der Waals surface area contributed by atoms with E-state index in [1.807, 2.05) is 13.8 Å². The fraction of sp³-hybridized carbons (Fsp3) is 0.417. The summed E-state index contributed by atoms with van der Waals surface area (Å²) < 4.78 is 0. The Morgan fingerprint density at radius 1 is 1.29 bits per heavy atom. The van der Waals surface area contributed by atoms with Gasteiger partial charge in [-0.15, -0.1) is 11.6 Å². The number of amides is 1. The number of hydrogen-bond donors (Lipinski definition) is 0. The Morgan fingerprint density at radius 3 is 2.41 bits per heavy atom. The van der Waals surface area contributed by atoms with Crippen LogP contribution in [0.25, 0.3) is 0 Å². The molecule has 17 heavy (non-hydrogen) atoms. The molecule has 0 radical (unpaired) electrons. The minimum Gasteiger partial charge on any atom is -0.335 e. The Kier molecular flexibility index (Phi) is 5.57. The van der Waals surface area contributed by atoms with Crippen LogP contribution in [0.1, 0.15) is 24.2 Å². The van der Waals surface area contributed by atoms with Crippen LogP contribution in [0.5, 0.6) is 0 Å². The summed E-state index contributed by atoms with van der Waals surface area (Å²) in [7, 11) is 0. The summed E-state index contributed by atoms with van der Waals surface area (Å²) in [5.41, 5.74) is 0.526. The molecule has 0 atom stereocenters. The van der Waals surface area contributed by atoms with Crippen molar-refractivity contribution in [2.24, 2.45) is 0 Å². The normalized spacial score (nSPS) is 10.7. The Morgan fingerprint density at radius 2 is 1.94 bits per heavy atom. The zero-order valence-electron chi connectivity index (χ0n) is 9.71. The van der Waals surface area contributed by atoms with E-state index in [0.717, 1.165) is 0 Å². The third-order valence-electron chi connectivity index (χ3n) is 2.38. The van der Waals surface area contributed by atoms with Gasteiger partial charge in [-0.2, -0.15) is 0 Å². The average molecular weight is 295 g/mol. The van der Waals surface area contributed by atoms with Crippen LogP contribution in [0.4, 0.5) is 0 Å². The highest BCUT2D eigenvalue weighted by atomic mass is 35.5. The van der Waals surface area contributed by atoms with Crippen LogP contribution < -0.4 is 0 Å². The number of carbonyl (C=O) groups is 1. The van der Waals surface area contributed by atoms with Gasteiger partial charge in [0, 0.05) is 24.0 Å². The number of hydrogen-bond acceptors (Lipinski definition) is 1. The zero-order chi connectivity index (χ0) is 13.0. The first-order valence-corrected chi connectivity index (χ1v) is 6.58. The lowest BCUT2D eigenvalue weighted by molar-refractivity contribution is 0.0718. The van der Waals surface area contributed by atoms with E-state index in [-0.39, 0.29) is 11.9 Å². The van der Waals surface area contributed by atoms with Crippen LogP contribution in [0, 0.1) is 0 Å². The number of carbonyl (C=O) groups excluding carboxylic acids is 1. The highest BCUT2D eigenvalue weighted by Crippen LogP contribution is 2.23. The van der Waals surface area contributed by atoms with Crippen molar-refractivity contribution >= 4 is 40.7 Å². The third-order valence-corrected chi connectivity index (χ3v) is 3.28. The number of nitrogens with zero attached hydrogens (tertiary/aromatic N) is 1. The van der Waals surface area contributed by atoms with E-state index in [0.29, 0.717) is 28.0 Å². The first-order valence-electron chi connectivity index (χ1n) is 5.29. The lowest BCUT2D eigenvalue weighted by Crippen LogP contribution is -2.38. The van der Waals surface area contributed by atoms with Crippen molar-refractivity contribution < 1.29 is 4.79 Å². The van der Waals surface area contributed by atoms with Gasteiger partial charge in [0.15, 0.2) is 0 Å². The summed E-state index contributed by atoms with van der Waals surface area (Å²) in [6.07, 6.45) is 0. The van der Waals surface area contributed by atoms with Crippen LogP contribution in [0.3, 0.4) is 0 Å². The second kappa shape index (κ2) is 6.48. The van der Waals surface area contributed by atoms with Crippen LogP contribution in [0.2, 0.25) is 10.0 Å². The molecule has 1 amide bonds. The Hall–Kier alpha value is -0.440. The molecule has 0 saturated carbocycles. The van der Waals surface area contributed by atoms with Crippen molar-refractivity contribution in [3.8, 4) is 0 Å². The van der Waals surface area contributed by atoms with Crippen LogP contribution in [-0.4, -0.2) is 29.3 Å². The second-order valence-electron chi connectivity index (χ2n) is 3.91. The summed E-state index contributed by atoms with van der Waals surface area (Å²) in [6, 6.07) is 4.96. The van der Waals surface area contributed by atoms with Crippen LogP contribution in [0.15, 0.2) is 18.2 Å². The van der Waals surface area contributed by atoms with Gasteiger partial charge in [0.05, 0.1) is 10.0 Å². The quantitative estimate of drug-likeness (QED) is 0.766. The summed E-state index contributed by atoms with van der Waals surface area (Å²) >= 11 is 17.4. The van der Waals surface area contributed by atoms with E-state index in [1.165, 1.54) is 0 Å². The topological polar surface area (TPSA) is 20.3 Å². The fourth-order valence-corrected chi connectivity index (χ4v) is 1.96. The zero-order valence-corrected chi connectivity index (χ0v) is 12.0. The van der Waals surface area contributed by atoms with Gasteiger partial charge in [-0.1, -0.05) is 23.2 Å². The Labute approximate surface area is 116 Å². The predicted octanol–water partition coefficient (Wildman–Crippen LogP) is 4.08. The maximum Gasteiger partial charge on any atom is 0.254 e. The lowest BCUT2D eigenvalue weighted by atomic mass is 10.1.